The van der Waals surface area contributed by atoms with Gasteiger partial charge >= 0.3 is 0 Å². The molecule has 0 aromatic heterocycles. The number of benzene rings is 4. The van der Waals surface area contributed by atoms with Crippen LogP contribution < -0.4 is 21.5 Å². The van der Waals surface area contributed by atoms with Gasteiger partial charge in [0.2, 0.25) is 0 Å². The first-order chi connectivity index (χ1) is 22.6. The zero-order valence-electron chi connectivity index (χ0n) is 28.5. The van der Waals surface area contributed by atoms with Gasteiger partial charge in [-0.2, -0.15) is 0 Å². The number of halogens is 10. The maximum atomic E-state index is 15.8. The van der Waals surface area contributed by atoms with Gasteiger partial charge < -0.3 is 0 Å². The number of hydrogen-bond acceptors (Lipinski definition) is 0. The van der Waals surface area contributed by atoms with Crippen LogP contribution in [0.5, 0.6) is 0 Å². The van der Waals surface area contributed by atoms with Crippen molar-refractivity contribution in [1.82, 2.24) is 0 Å². The summed E-state index contributed by atoms with van der Waals surface area (Å²) in [5.41, 5.74) is 2.98. The number of rotatable bonds is 8. The zero-order valence-corrected chi connectivity index (χ0v) is 30.5. The lowest BCUT2D eigenvalue weighted by molar-refractivity contribution is 0.382. The van der Waals surface area contributed by atoms with Gasteiger partial charge in [-0.05, 0) is 63.8 Å². The van der Waals surface area contributed by atoms with E-state index in [9.17, 15) is 26.3 Å². The first-order valence-electron chi connectivity index (χ1n) is 15.3. The van der Waals surface area contributed by atoms with Crippen molar-refractivity contribution in [2.45, 2.75) is 61.2 Å². The molecule has 0 aliphatic carbocycles. The Morgan fingerprint density at radius 3 is 1.04 bits per heavy atom. The van der Waals surface area contributed by atoms with Crippen molar-refractivity contribution in [3.8, 4) is 0 Å². The predicted molar refractivity (Wildman–Crippen MR) is 183 cm³/mol. The number of hydrogen-bond donors (Lipinski definition) is 0. The van der Waals surface area contributed by atoms with Crippen molar-refractivity contribution in [3.63, 3.8) is 0 Å². The fourth-order valence-electron chi connectivity index (χ4n) is 6.88. The first kappa shape index (κ1) is 38.4. The van der Waals surface area contributed by atoms with Crippen molar-refractivity contribution in [2.75, 3.05) is 6.16 Å². The molecule has 4 rings (SSSR count). The van der Waals surface area contributed by atoms with Crippen LogP contribution in [-0.4, -0.2) is 20.9 Å². The normalized spacial score (nSPS) is 12.4. The molecule has 0 aliphatic heterocycles. The Bertz CT molecular complexity index is 1790. The van der Waals surface area contributed by atoms with Gasteiger partial charge in [-0.1, -0.05) is 66.2 Å². The molecule has 0 heterocycles. The summed E-state index contributed by atoms with van der Waals surface area (Å²) < 4.78 is 151. The van der Waals surface area contributed by atoms with E-state index in [0.29, 0.717) is 0 Å². The highest BCUT2D eigenvalue weighted by molar-refractivity contribution is 7.73. The summed E-state index contributed by atoms with van der Waals surface area (Å²) in [6, 6.07) is 7.66. The molecule has 0 amide bonds. The third kappa shape index (κ3) is 7.27. The molecule has 49 heavy (non-hydrogen) atoms. The van der Waals surface area contributed by atoms with Crippen molar-refractivity contribution < 1.29 is 43.9 Å². The SMILES string of the molecule is Cc1cc(C)c([PH+](C/C(=C/[Si](C)(C)C)B(c2c(F)c(F)c(F)c(F)c2F)c2c(F)c(F)c(F)c(F)c2F)c2c(C)cc(C)cc2C)c(C)c1. The van der Waals surface area contributed by atoms with Crippen molar-refractivity contribution in [3.05, 3.63) is 127 Å². The molecule has 4 aromatic rings. The Morgan fingerprint density at radius 1 is 0.510 bits per heavy atom. The summed E-state index contributed by atoms with van der Waals surface area (Å²) in [4.78, 5) is 0. The summed E-state index contributed by atoms with van der Waals surface area (Å²) in [6.45, 7) is 13.8. The summed E-state index contributed by atoms with van der Waals surface area (Å²) >= 11 is 0. The average molecular weight is 728 g/mol. The summed E-state index contributed by atoms with van der Waals surface area (Å²) in [5.74, 6) is -24.5. The van der Waals surface area contributed by atoms with Crippen molar-refractivity contribution >= 4 is 44.2 Å². The van der Waals surface area contributed by atoms with Crippen molar-refractivity contribution in [1.29, 1.82) is 0 Å². The van der Waals surface area contributed by atoms with Crippen LogP contribution in [0, 0.1) is 99.7 Å². The first-order valence-corrected chi connectivity index (χ1v) is 20.6. The molecular formula is C36H35BF10PSi+. The van der Waals surface area contributed by atoms with E-state index in [1.54, 1.807) is 19.6 Å². The number of aryl methyl sites for hydroxylation is 6. The van der Waals surface area contributed by atoms with Crippen LogP contribution in [0.3, 0.4) is 0 Å². The van der Waals surface area contributed by atoms with Crippen LogP contribution >= 0.6 is 7.92 Å². The highest BCUT2D eigenvalue weighted by Gasteiger charge is 2.44. The monoisotopic (exact) mass is 727 g/mol. The lowest BCUT2D eigenvalue weighted by Gasteiger charge is -2.27. The number of allylic oxidation sites excluding steroid dienone is 1. The van der Waals surface area contributed by atoms with Crippen LogP contribution in [-0.2, 0) is 0 Å². The van der Waals surface area contributed by atoms with Crippen molar-refractivity contribution in [2.24, 2.45) is 0 Å². The van der Waals surface area contributed by atoms with Gasteiger partial charge in [0.15, 0.2) is 58.2 Å². The average Bonchev–Trinajstić information content (AvgIpc) is 2.98. The van der Waals surface area contributed by atoms with E-state index in [0.717, 1.165) is 44.0 Å². The Hall–Kier alpha value is -3.37. The quantitative estimate of drug-likeness (QED) is 0.0561. The second kappa shape index (κ2) is 14.1. The summed E-state index contributed by atoms with van der Waals surface area (Å²) in [6.07, 6.45) is -0.242. The molecule has 0 unspecified atom stereocenters. The van der Waals surface area contributed by atoms with Gasteiger partial charge in [-0.15, -0.1) is 0 Å². The summed E-state index contributed by atoms with van der Waals surface area (Å²) in [7, 11) is -4.94. The van der Waals surface area contributed by atoms with Crippen LogP contribution in [0.15, 0.2) is 35.4 Å². The van der Waals surface area contributed by atoms with E-state index in [4.69, 9.17) is 0 Å². The second-order valence-corrected chi connectivity index (χ2v) is 21.0. The maximum absolute atomic E-state index is 15.8. The topological polar surface area (TPSA) is 0 Å². The molecule has 13 heteroatoms. The van der Waals surface area contributed by atoms with E-state index < -0.39 is 91.8 Å². The van der Waals surface area contributed by atoms with Gasteiger partial charge in [-0.3, -0.25) is 0 Å². The third-order valence-corrected chi connectivity index (χ3v) is 13.2. The van der Waals surface area contributed by atoms with E-state index >= 15 is 17.6 Å². The van der Waals surface area contributed by atoms with Gasteiger partial charge in [-0.25, -0.2) is 43.9 Å². The van der Waals surface area contributed by atoms with E-state index in [1.165, 1.54) is 5.70 Å². The van der Waals surface area contributed by atoms with Crippen LogP contribution in [0.4, 0.5) is 43.9 Å². The van der Waals surface area contributed by atoms with Crippen LogP contribution in [0.25, 0.3) is 0 Å². The van der Waals surface area contributed by atoms with Crippen LogP contribution in [0.1, 0.15) is 33.4 Å². The fourth-order valence-corrected chi connectivity index (χ4v) is 12.0. The summed E-state index contributed by atoms with van der Waals surface area (Å²) in [5, 5.41) is 1.64. The highest BCUT2D eigenvalue weighted by Crippen LogP contribution is 2.42. The molecule has 4 aromatic carbocycles. The highest BCUT2D eigenvalue weighted by atomic mass is 31.1. The van der Waals surface area contributed by atoms with Gasteiger partial charge in [0.1, 0.15) is 10.6 Å². The third-order valence-electron chi connectivity index (χ3n) is 8.39. The second-order valence-electron chi connectivity index (χ2n) is 13.7. The molecule has 0 radical (unpaired) electrons. The van der Waals surface area contributed by atoms with Crippen LogP contribution in [0.2, 0.25) is 19.6 Å². The lowest BCUT2D eigenvalue weighted by atomic mass is 9.36. The molecule has 0 saturated heterocycles. The largest absolute Gasteiger partial charge is 0.256 e. The maximum Gasteiger partial charge on any atom is 0.256 e. The Labute approximate surface area is 282 Å². The zero-order chi connectivity index (χ0) is 37.0. The molecule has 0 fully saturated rings. The molecule has 0 atom stereocenters. The smallest absolute Gasteiger partial charge is 0.204 e. The molecule has 0 spiro atoms. The molecule has 0 aliphatic rings. The molecule has 0 bridgehead atoms. The van der Waals surface area contributed by atoms with Gasteiger partial charge in [0, 0.05) is 10.9 Å². The minimum Gasteiger partial charge on any atom is -0.204 e. The molecule has 0 N–H and O–H groups in total. The van der Waals surface area contributed by atoms with Gasteiger partial charge in [0.05, 0.1) is 22.2 Å². The predicted octanol–water partition coefficient (Wildman–Crippen LogP) is 8.75. The van der Waals surface area contributed by atoms with E-state index in [-0.39, 0.29) is 11.6 Å². The van der Waals surface area contributed by atoms with E-state index in [2.05, 4.69) is 0 Å². The fraction of sp³-hybridized carbons (Fsp3) is 0.278. The van der Waals surface area contributed by atoms with E-state index in [1.807, 2.05) is 65.8 Å². The minimum absolute atomic E-state index is 0.224. The lowest BCUT2D eigenvalue weighted by Crippen LogP contribution is -2.53. The minimum atomic E-state index is -2.69. The molecular weight excluding hydrogens is 692 g/mol. The molecule has 0 nitrogen and oxygen atoms in total. The Balaban J connectivity index is 2.24. The standard InChI is InChI=1S/C36H34BF10PSi/c1-16-10-18(3)35(19(4)11-16)48(36-20(5)12-17(2)13-21(36)6)14-22(15-49(7,8)9)37(23-25(38)29(42)33(46)30(43)26(23)39)24-27(40)31(44)34(47)32(45)28(24)41/h10-13,15H,14H2,1-9H3/p+1/b22-15-. The molecule has 260 valence electrons. The Morgan fingerprint density at radius 2 is 0.776 bits per heavy atom. The van der Waals surface area contributed by atoms with Gasteiger partial charge in [0.25, 0.3) is 6.71 Å². The Kier molecular flexibility index (Phi) is 11.1. The molecule has 0 saturated carbocycles.